The number of fused-ring (bicyclic) bond motifs is 5. The molecule has 0 saturated heterocycles. The van der Waals surface area contributed by atoms with Crippen LogP contribution in [0.15, 0.2) is 33.5 Å². The maximum atomic E-state index is 11.7. The van der Waals surface area contributed by atoms with Gasteiger partial charge in [-0.05, 0) is 88.2 Å². The molecule has 0 radical (unpaired) electrons. The molecule has 2 heteroatoms. The monoisotopic (exact) mass is 394 g/mol. The summed E-state index contributed by atoms with van der Waals surface area (Å²) >= 11 is 2.58. The predicted octanol–water partition coefficient (Wildman–Crippen LogP) is 5.22. The molecule has 4 rings (SSSR count). The van der Waals surface area contributed by atoms with Crippen LogP contribution < -0.4 is 0 Å². The average molecular weight is 394 g/mol. The van der Waals surface area contributed by atoms with Crippen molar-refractivity contribution < 1.29 is 4.79 Å². The molecule has 112 valence electrons. The summed E-state index contributed by atoms with van der Waals surface area (Å²) < 4.78 is 1.60. The van der Waals surface area contributed by atoms with Crippen LogP contribution in [0.25, 0.3) is 0 Å². The van der Waals surface area contributed by atoms with Gasteiger partial charge < -0.3 is 0 Å². The Balaban J connectivity index is 1.71. The lowest BCUT2D eigenvalue weighted by molar-refractivity contribution is -0.111. The van der Waals surface area contributed by atoms with E-state index < -0.39 is 0 Å². The lowest BCUT2D eigenvalue weighted by atomic mass is 9.48. The van der Waals surface area contributed by atoms with Gasteiger partial charge in [0.05, 0.1) is 0 Å². The maximum absolute atomic E-state index is 11.7. The number of hydrogen-bond acceptors (Lipinski definition) is 1. The second kappa shape index (κ2) is 4.56. The predicted molar refractivity (Wildman–Crippen MR) is 94.1 cm³/mol. The first-order valence-electron chi connectivity index (χ1n) is 8.25. The van der Waals surface area contributed by atoms with Crippen molar-refractivity contribution in [3.8, 4) is 0 Å². The van der Waals surface area contributed by atoms with E-state index in [1.54, 1.807) is 3.58 Å². The molecule has 0 aromatic heterocycles. The zero-order chi connectivity index (χ0) is 14.8. The Morgan fingerprint density at radius 3 is 2.86 bits per heavy atom. The van der Waals surface area contributed by atoms with Crippen LogP contribution in [0, 0.1) is 28.6 Å². The summed E-state index contributed by atoms with van der Waals surface area (Å²) in [5.74, 6) is 2.58. The van der Waals surface area contributed by atoms with Crippen molar-refractivity contribution in [2.24, 2.45) is 28.6 Å². The van der Waals surface area contributed by atoms with Crippen LogP contribution in [-0.2, 0) is 4.79 Å². The molecule has 0 bridgehead atoms. The van der Waals surface area contributed by atoms with Crippen LogP contribution in [0.1, 0.15) is 46.0 Å². The van der Waals surface area contributed by atoms with Gasteiger partial charge in [-0.25, -0.2) is 0 Å². The summed E-state index contributed by atoms with van der Waals surface area (Å²) in [5.41, 5.74) is 1.99. The van der Waals surface area contributed by atoms with E-state index in [-0.39, 0.29) is 11.2 Å². The third kappa shape index (κ3) is 1.83. The van der Waals surface area contributed by atoms with Crippen LogP contribution in [0.5, 0.6) is 0 Å². The van der Waals surface area contributed by atoms with Gasteiger partial charge in [0.1, 0.15) is 0 Å². The van der Waals surface area contributed by atoms with E-state index in [1.165, 1.54) is 31.3 Å². The van der Waals surface area contributed by atoms with Crippen molar-refractivity contribution in [2.45, 2.75) is 46.0 Å². The van der Waals surface area contributed by atoms with E-state index in [0.717, 1.165) is 24.2 Å². The Labute approximate surface area is 141 Å². The maximum Gasteiger partial charge on any atom is 0.178 e. The number of rotatable bonds is 0. The van der Waals surface area contributed by atoms with Crippen molar-refractivity contribution in [2.75, 3.05) is 0 Å². The summed E-state index contributed by atoms with van der Waals surface area (Å²) in [6.45, 7) is 4.88. The van der Waals surface area contributed by atoms with Crippen LogP contribution in [0.4, 0.5) is 0 Å². The highest BCUT2D eigenvalue weighted by Crippen LogP contribution is 2.65. The van der Waals surface area contributed by atoms with Gasteiger partial charge >= 0.3 is 0 Å². The first kappa shape index (κ1) is 14.2. The summed E-state index contributed by atoms with van der Waals surface area (Å²) in [6, 6.07) is 0. The number of carbonyl (C=O) groups is 1. The SMILES string of the molecule is C[C@]12C=CC(=O)C=C1CC[C@@H]1[C@@H]2CC[C@]2(C)C(I)=CC[C@@H]12. The minimum atomic E-state index is 0.145. The summed E-state index contributed by atoms with van der Waals surface area (Å²) in [7, 11) is 0. The van der Waals surface area contributed by atoms with Crippen LogP contribution in [0.2, 0.25) is 0 Å². The Kier molecular flexibility index (Phi) is 3.09. The van der Waals surface area contributed by atoms with Gasteiger partial charge in [0.2, 0.25) is 0 Å². The Hall–Kier alpha value is -0.380. The van der Waals surface area contributed by atoms with Gasteiger partial charge in [-0.3, -0.25) is 4.79 Å². The molecular formula is C19H23IO. The first-order valence-corrected chi connectivity index (χ1v) is 9.33. The minimum absolute atomic E-state index is 0.145. The number of allylic oxidation sites excluding steroid dienone is 6. The van der Waals surface area contributed by atoms with Crippen LogP contribution >= 0.6 is 22.6 Å². The van der Waals surface area contributed by atoms with Gasteiger partial charge in [-0.15, -0.1) is 0 Å². The summed E-state index contributed by atoms with van der Waals surface area (Å²) in [5, 5.41) is 0. The van der Waals surface area contributed by atoms with Gasteiger partial charge in [-0.1, -0.05) is 31.6 Å². The standard InChI is InChI=1S/C19H23IO/c1-18-9-7-13(21)11-12(18)3-4-14-15-5-6-17(20)19(15,2)10-8-16(14)18/h6-7,9,11,14-16H,3-5,8,10H2,1-2H3/t14-,15-,16-,18-,19-/m0/s1. The molecule has 0 aromatic carbocycles. The summed E-state index contributed by atoms with van der Waals surface area (Å²) in [4.78, 5) is 11.7. The van der Waals surface area contributed by atoms with E-state index in [9.17, 15) is 4.79 Å². The smallest absolute Gasteiger partial charge is 0.178 e. The largest absolute Gasteiger partial charge is 0.290 e. The van der Waals surface area contributed by atoms with Gasteiger partial charge in [0.15, 0.2) is 5.78 Å². The average Bonchev–Trinajstić information content (AvgIpc) is 2.76. The van der Waals surface area contributed by atoms with Crippen molar-refractivity contribution in [1.29, 1.82) is 0 Å². The first-order chi connectivity index (χ1) is 9.95. The van der Waals surface area contributed by atoms with Crippen molar-refractivity contribution >= 4 is 28.4 Å². The van der Waals surface area contributed by atoms with E-state index in [0.29, 0.717) is 5.41 Å². The number of ketones is 1. The molecule has 5 atom stereocenters. The molecule has 4 aliphatic carbocycles. The molecule has 0 aromatic rings. The molecule has 0 spiro atoms. The molecule has 1 nitrogen and oxygen atoms in total. The molecule has 21 heavy (non-hydrogen) atoms. The fraction of sp³-hybridized carbons (Fsp3) is 0.632. The lowest BCUT2D eigenvalue weighted by Gasteiger charge is -2.56. The number of halogens is 1. The fourth-order valence-corrected chi connectivity index (χ4v) is 6.64. The van der Waals surface area contributed by atoms with Crippen molar-refractivity contribution in [3.05, 3.63) is 33.5 Å². The van der Waals surface area contributed by atoms with Crippen LogP contribution in [0.3, 0.4) is 0 Å². The fourth-order valence-electron chi connectivity index (χ4n) is 5.71. The third-order valence-corrected chi connectivity index (χ3v) is 8.72. The molecule has 0 unspecified atom stereocenters. The molecule has 0 N–H and O–H groups in total. The third-order valence-electron chi connectivity index (χ3n) is 7.04. The highest BCUT2D eigenvalue weighted by molar-refractivity contribution is 14.1. The minimum Gasteiger partial charge on any atom is -0.290 e. The van der Waals surface area contributed by atoms with E-state index in [1.807, 2.05) is 12.2 Å². The quantitative estimate of drug-likeness (QED) is 0.515. The molecule has 0 aliphatic heterocycles. The molecule has 2 fully saturated rings. The lowest BCUT2D eigenvalue weighted by Crippen LogP contribution is -2.48. The molecule has 0 heterocycles. The van der Waals surface area contributed by atoms with Crippen molar-refractivity contribution in [3.63, 3.8) is 0 Å². The Bertz CT molecular complexity index is 599. The zero-order valence-electron chi connectivity index (χ0n) is 12.9. The number of carbonyl (C=O) groups excluding carboxylic acids is 1. The second-order valence-corrected chi connectivity index (χ2v) is 9.01. The van der Waals surface area contributed by atoms with Crippen LogP contribution in [-0.4, -0.2) is 5.78 Å². The molecular weight excluding hydrogens is 371 g/mol. The molecule has 0 amide bonds. The van der Waals surface area contributed by atoms with Crippen molar-refractivity contribution in [1.82, 2.24) is 0 Å². The van der Waals surface area contributed by atoms with E-state index in [4.69, 9.17) is 0 Å². The highest BCUT2D eigenvalue weighted by atomic mass is 127. The van der Waals surface area contributed by atoms with Gasteiger partial charge in [-0.2, -0.15) is 0 Å². The van der Waals surface area contributed by atoms with Gasteiger partial charge in [0, 0.05) is 10.8 Å². The second-order valence-electron chi connectivity index (χ2n) is 7.85. The van der Waals surface area contributed by atoms with E-state index in [2.05, 4.69) is 48.6 Å². The van der Waals surface area contributed by atoms with E-state index >= 15 is 0 Å². The Morgan fingerprint density at radius 2 is 2.05 bits per heavy atom. The Morgan fingerprint density at radius 1 is 1.24 bits per heavy atom. The molecule has 2 saturated carbocycles. The topological polar surface area (TPSA) is 17.1 Å². The summed E-state index contributed by atoms with van der Waals surface area (Å²) in [6.07, 6.45) is 14.8. The number of hydrogen-bond donors (Lipinski definition) is 0. The normalized spacial score (nSPS) is 48.1. The van der Waals surface area contributed by atoms with Gasteiger partial charge in [0.25, 0.3) is 0 Å². The highest BCUT2D eigenvalue weighted by Gasteiger charge is 2.56. The zero-order valence-corrected chi connectivity index (χ0v) is 15.0. The molecule has 4 aliphatic rings.